The smallest absolute Gasteiger partial charge is 0.171 e. The summed E-state index contributed by atoms with van der Waals surface area (Å²) in [6.45, 7) is 2.52. The Balaban J connectivity index is 2.78. The van der Waals surface area contributed by atoms with Gasteiger partial charge in [-0.1, -0.05) is 11.6 Å². The lowest BCUT2D eigenvalue weighted by Gasteiger charge is -2.16. The van der Waals surface area contributed by atoms with Crippen LogP contribution in [0.3, 0.4) is 0 Å². The lowest BCUT2D eigenvalue weighted by atomic mass is 10.2. The number of aldehydes is 1. The van der Waals surface area contributed by atoms with E-state index in [9.17, 15) is 9.90 Å². The molecule has 0 radical (unpaired) electrons. The minimum Gasteiger partial charge on any atom is -0.493 e. The second-order valence-electron chi connectivity index (χ2n) is 3.77. The molecule has 0 aliphatic heterocycles. The van der Waals surface area contributed by atoms with Crippen molar-refractivity contribution in [3.05, 3.63) is 22.7 Å². The SMILES string of the molecule is CCOCC(O)COc1c(C=O)cc(Cl)cc1OC. The van der Waals surface area contributed by atoms with E-state index in [2.05, 4.69) is 0 Å². The molecular weight excluding hydrogens is 272 g/mol. The van der Waals surface area contributed by atoms with Gasteiger partial charge in [0.2, 0.25) is 0 Å². The molecule has 0 bridgehead atoms. The fourth-order valence-electron chi connectivity index (χ4n) is 1.46. The van der Waals surface area contributed by atoms with Gasteiger partial charge in [0, 0.05) is 17.7 Å². The van der Waals surface area contributed by atoms with E-state index in [-0.39, 0.29) is 24.5 Å². The Morgan fingerprint density at radius 2 is 2.16 bits per heavy atom. The molecule has 0 saturated carbocycles. The van der Waals surface area contributed by atoms with Crippen LogP contribution in [0.2, 0.25) is 5.02 Å². The summed E-state index contributed by atoms with van der Waals surface area (Å²) in [4.78, 5) is 11.0. The summed E-state index contributed by atoms with van der Waals surface area (Å²) < 4.78 is 15.6. The first kappa shape index (κ1) is 15.8. The molecule has 0 saturated heterocycles. The number of carbonyl (C=O) groups is 1. The average molecular weight is 289 g/mol. The zero-order valence-electron chi connectivity index (χ0n) is 10.9. The Hall–Kier alpha value is -1.30. The Bertz CT molecular complexity index is 422. The van der Waals surface area contributed by atoms with Crippen LogP contribution in [0.1, 0.15) is 17.3 Å². The van der Waals surface area contributed by atoms with Crippen molar-refractivity contribution in [1.29, 1.82) is 0 Å². The number of ether oxygens (including phenoxy) is 3. The number of methoxy groups -OCH3 is 1. The lowest BCUT2D eigenvalue weighted by Crippen LogP contribution is -2.23. The normalized spacial score (nSPS) is 12.0. The summed E-state index contributed by atoms with van der Waals surface area (Å²) in [5.74, 6) is 0.607. The molecule has 0 aliphatic rings. The van der Waals surface area contributed by atoms with Crippen LogP contribution < -0.4 is 9.47 Å². The van der Waals surface area contributed by atoms with E-state index in [4.69, 9.17) is 25.8 Å². The van der Waals surface area contributed by atoms with Gasteiger partial charge in [-0.05, 0) is 13.0 Å². The van der Waals surface area contributed by atoms with Gasteiger partial charge in [-0.25, -0.2) is 0 Å². The topological polar surface area (TPSA) is 65.0 Å². The zero-order chi connectivity index (χ0) is 14.3. The number of benzene rings is 1. The summed E-state index contributed by atoms with van der Waals surface area (Å²) in [5.41, 5.74) is 0.271. The Kier molecular flexibility index (Phi) is 6.62. The second-order valence-corrected chi connectivity index (χ2v) is 4.20. The monoisotopic (exact) mass is 288 g/mol. The highest BCUT2D eigenvalue weighted by Crippen LogP contribution is 2.33. The van der Waals surface area contributed by atoms with E-state index in [1.165, 1.54) is 13.2 Å². The molecule has 0 aliphatic carbocycles. The van der Waals surface area contributed by atoms with Crippen LogP contribution in [-0.2, 0) is 4.74 Å². The molecule has 1 N–H and O–H groups in total. The highest BCUT2D eigenvalue weighted by molar-refractivity contribution is 6.31. The van der Waals surface area contributed by atoms with Crippen LogP contribution in [0, 0.1) is 0 Å². The van der Waals surface area contributed by atoms with Gasteiger partial charge >= 0.3 is 0 Å². The second kappa shape index (κ2) is 7.99. The van der Waals surface area contributed by atoms with Crippen molar-refractivity contribution in [2.75, 3.05) is 26.9 Å². The summed E-state index contributed by atoms with van der Waals surface area (Å²) in [6.07, 6.45) is -0.154. The number of aliphatic hydroxyl groups excluding tert-OH is 1. The Labute approximate surface area is 117 Å². The van der Waals surface area contributed by atoms with Gasteiger partial charge in [-0.15, -0.1) is 0 Å². The van der Waals surface area contributed by atoms with Crippen LogP contribution in [0.4, 0.5) is 0 Å². The van der Waals surface area contributed by atoms with Crippen molar-refractivity contribution in [1.82, 2.24) is 0 Å². The number of halogens is 1. The van der Waals surface area contributed by atoms with Gasteiger partial charge in [0.15, 0.2) is 17.8 Å². The zero-order valence-corrected chi connectivity index (χ0v) is 11.6. The van der Waals surface area contributed by atoms with Crippen molar-refractivity contribution in [3.63, 3.8) is 0 Å². The Morgan fingerprint density at radius 3 is 2.74 bits per heavy atom. The minimum atomic E-state index is -0.778. The first-order valence-electron chi connectivity index (χ1n) is 5.83. The van der Waals surface area contributed by atoms with Crippen LogP contribution in [-0.4, -0.2) is 44.4 Å². The van der Waals surface area contributed by atoms with Gasteiger partial charge < -0.3 is 19.3 Å². The largest absolute Gasteiger partial charge is 0.493 e. The van der Waals surface area contributed by atoms with E-state index in [0.29, 0.717) is 23.7 Å². The number of rotatable bonds is 8. The van der Waals surface area contributed by atoms with Crippen LogP contribution >= 0.6 is 11.6 Å². The van der Waals surface area contributed by atoms with Gasteiger partial charge in [-0.2, -0.15) is 0 Å². The fourth-order valence-corrected chi connectivity index (χ4v) is 1.68. The summed E-state index contributed by atoms with van der Waals surface area (Å²) in [7, 11) is 1.45. The third kappa shape index (κ3) is 4.70. The number of carbonyl (C=O) groups excluding carboxylic acids is 1. The van der Waals surface area contributed by atoms with Crippen molar-refractivity contribution in [2.24, 2.45) is 0 Å². The lowest BCUT2D eigenvalue weighted by molar-refractivity contribution is 0.0158. The number of hydrogen-bond acceptors (Lipinski definition) is 5. The molecule has 5 nitrogen and oxygen atoms in total. The van der Waals surface area contributed by atoms with Crippen molar-refractivity contribution in [2.45, 2.75) is 13.0 Å². The molecule has 0 fully saturated rings. The standard InChI is InChI=1S/C13H17ClO5/c1-3-18-7-11(16)8-19-13-9(6-15)4-10(14)5-12(13)17-2/h4-6,11,16H,3,7-8H2,1-2H3. The molecule has 0 amide bonds. The van der Waals surface area contributed by atoms with Gasteiger partial charge in [-0.3, -0.25) is 4.79 Å². The van der Waals surface area contributed by atoms with Gasteiger partial charge in [0.25, 0.3) is 0 Å². The van der Waals surface area contributed by atoms with Crippen molar-refractivity contribution < 1.29 is 24.1 Å². The van der Waals surface area contributed by atoms with E-state index in [1.807, 2.05) is 6.92 Å². The van der Waals surface area contributed by atoms with E-state index < -0.39 is 6.10 Å². The molecule has 1 aromatic rings. The maximum absolute atomic E-state index is 11.0. The highest BCUT2D eigenvalue weighted by Gasteiger charge is 2.14. The van der Waals surface area contributed by atoms with Gasteiger partial charge in [0.05, 0.1) is 19.3 Å². The first-order valence-corrected chi connectivity index (χ1v) is 6.21. The molecule has 6 heteroatoms. The van der Waals surface area contributed by atoms with Crippen LogP contribution in [0.15, 0.2) is 12.1 Å². The predicted molar refractivity (Wildman–Crippen MR) is 71.4 cm³/mol. The molecule has 0 spiro atoms. The molecule has 1 atom stereocenters. The summed E-state index contributed by atoms with van der Waals surface area (Å²) in [6, 6.07) is 3.01. The number of aliphatic hydroxyl groups is 1. The summed E-state index contributed by atoms with van der Waals surface area (Å²) >= 11 is 5.85. The molecule has 0 aromatic heterocycles. The fraction of sp³-hybridized carbons (Fsp3) is 0.462. The molecule has 106 valence electrons. The van der Waals surface area contributed by atoms with Crippen molar-refractivity contribution in [3.8, 4) is 11.5 Å². The average Bonchev–Trinajstić information content (AvgIpc) is 2.42. The van der Waals surface area contributed by atoms with Crippen molar-refractivity contribution >= 4 is 17.9 Å². The van der Waals surface area contributed by atoms with Crippen LogP contribution in [0.5, 0.6) is 11.5 Å². The predicted octanol–water partition coefficient (Wildman–Crippen LogP) is 1.94. The van der Waals surface area contributed by atoms with Crippen LogP contribution in [0.25, 0.3) is 0 Å². The quantitative estimate of drug-likeness (QED) is 0.741. The molecule has 1 aromatic carbocycles. The van der Waals surface area contributed by atoms with E-state index in [1.54, 1.807) is 6.07 Å². The third-order valence-electron chi connectivity index (χ3n) is 2.33. The summed E-state index contributed by atoms with van der Waals surface area (Å²) in [5, 5.41) is 9.99. The third-order valence-corrected chi connectivity index (χ3v) is 2.55. The molecular formula is C13H17ClO5. The Morgan fingerprint density at radius 1 is 1.42 bits per heavy atom. The minimum absolute atomic E-state index is 0.00116. The molecule has 1 rings (SSSR count). The van der Waals surface area contributed by atoms with E-state index >= 15 is 0 Å². The molecule has 0 heterocycles. The number of hydrogen-bond donors (Lipinski definition) is 1. The molecule has 1 unspecified atom stereocenters. The first-order chi connectivity index (χ1) is 9.12. The maximum atomic E-state index is 11.0. The maximum Gasteiger partial charge on any atom is 0.171 e. The molecule has 19 heavy (non-hydrogen) atoms. The highest BCUT2D eigenvalue weighted by atomic mass is 35.5. The van der Waals surface area contributed by atoms with Gasteiger partial charge in [0.1, 0.15) is 12.7 Å². The van der Waals surface area contributed by atoms with E-state index in [0.717, 1.165) is 0 Å².